The number of halogens is 1. The fraction of sp³-hybridized carbons (Fsp3) is 0.400. The minimum Gasteiger partial charge on any atom is -0.157 e. The largest absolute Gasteiger partial charge is 0.157 e. The van der Waals surface area contributed by atoms with E-state index in [1.54, 1.807) is 0 Å². The number of thioether (sulfide) groups is 1. The molecule has 0 aliphatic rings. The van der Waals surface area contributed by atoms with Crippen LogP contribution in [0.4, 0.5) is 0 Å². The molecular formula is C10H13ClS. The predicted octanol–water partition coefficient (Wildman–Crippen LogP) is 3.90. The Morgan fingerprint density at radius 2 is 2.17 bits per heavy atom. The molecule has 0 nitrogen and oxygen atoms in total. The molecule has 0 N–H and O–H groups in total. The highest BCUT2D eigenvalue weighted by atomic mass is 35.5. The highest BCUT2D eigenvalue weighted by Gasteiger charge is 1.98. The van der Waals surface area contributed by atoms with Gasteiger partial charge in [-0.15, -0.1) is 0 Å². The van der Waals surface area contributed by atoms with E-state index in [0.29, 0.717) is 0 Å². The summed E-state index contributed by atoms with van der Waals surface area (Å²) in [5, 5.41) is 0.840. The van der Waals surface area contributed by atoms with Crippen molar-refractivity contribution in [2.24, 2.45) is 0 Å². The highest BCUT2D eigenvalue weighted by Crippen LogP contribution is 2.19. The van der Waals surface area contributed by atoms with E-state index in [1.165, 1.54) is 11.1 Å². The minimum atomic E-state index is 0.840. The molecule has 1 aromatic carbocycles. The van der Waals surface area contributed by atoms with Crippen molar-refractivity contribution in [3.63, 3.8) is 0 Å². The van der Waals surface area contributed by atoms with Crippen LogP contribution < -0.4 is 0 Å². The first-order chi connectivity index (χ1) is 5.74. The van der Waals surface area contributed by atoms with E-state index in [0.717, 1.165) is 16.5 Å². The lowest BCUT2D eigenvalue weighted by Gasteiger charge is -2.04. The number of hydrogen-bond donors (Lipinski definition) is 0. The van der Waals surface area contributed by atoms with Crippen LogP contribution in [-0.4, -0.2) is 5.75 Å². The van der Waals surface area contributed by atoms with Gasteiger partial charge in [-0.3, -0.25) is 0 Å². The van der Waals surface area contributed by atoms with E-state index in [2.05, 4.69) is 26.0 Å². The van der Waals surface area contributed by atoms with Crippen LogP contribution >= 0.6 is 23.4 Å². The normalized spacial score (nSPS) is 10.2. The van der Waals surface area contributed by atoms with E-state index >= 15 is 0 Å². The molecule has 0 aliphatic carbocycles. The van der Waals surface area contributed by atoms with Crippen LogP contribution in [-0.2, 0) is 5.75 Å². The van der Waals surface area contributed by atoms with Gasteiger partial charge in [-0.1, -0.05) is 24.6 Å². The second-order valence-corrected chi connectivity index (χ2v) is 4.42. The van der Waals surface area contributed by atoms with Gasteiger partial charge in [0.15, 0.2) is 0 Å². The Kier molecular flexibility index (Phi) is 3.96. The molecule has 0 atom stereocenters. The molecule has 12 heavy (non-hydrogen) atoms. The average Bonchev–Trinajstić information content (AvgIpc) is 2.07. The zero-order valence-corrected chi connectivity index (χ0v) is 9.00. The number of rotatable bonds is 3. The maximum atomic E-state index is 5.89. The summed E-state index contributed by atoms with van der Waals surface area (Å²) in [6.07, 6.45) is 0. The van der Waals surface area contributed by atoms with Gasteiger partial charge in [-0.05, 0) is 35.9 Å². The molecule has 0 aromatic heterocycles. The fourth-order valence-corrected chi connectivity index (χ4v) is 1.94. The van der Waals surface area contributed by atoms with Crippen LogP contribution in [0, 0.1) is 6.92 Å². The molecule has 0 fully saturated rings. The Balaban J connectivity index is 2.75. The van der Waals surface area contributed by atoms with Crippen LogP contribution in [0.3, 0.4) is 0 Å². The Morgan fingerprint density at radius 1 is 1.42 bits per heavy atom. The predicted molar refractivity (Wildman–Crippen MR) is 58.0 cm³/mol. The second-order valence-electron chi connectivity index (χ2n) is 2.71. The molecule has 0 unspecified atom stereocenters. The van der Waals surface area contributed by atoms with Crippen molar-refractivity contribution in [1.82, 2.24) is 0 Å². The Morgan fingerprint density at radius 3 is 2.83 bits per heavy atom. The standard InChI is InChI=1S/C10H13ClS/c1-3-12-7-9-6-10(11)5-4-8(9)2/h4-6H,3,7H2,1-2H3. The molecule has 1 rings (SSSR count). The van der Waals surface area contributed by atoms with Gasteiger partial charge in [-0.2, -0.15) is 11.8 Å². The maximum absolute atomic E-state index is 5.89. The summed E-state index contributed by atoms with van der Waals surface area (Å²) in [5.74, 6) is 2.23. The van der Waals surface area contributed by atoms with Crippen LogP contribution in [0.5, 0.6) is 0 Å². The van der Waals surface area contributed by atoms with Gasteiger partial charge in [0.1, 0.15) is 0 Å². The van der Waals surface area contributed by atoms with Crippen molar-refractivity contribution in [3.05, 3.63) is 34.3 Å². The summed E-state index contributed by atoms with van der Waals surface area (Å²) in [6.45, 7) is 4.30. The van der Waals surface area contributed by atoms with Crippen LogP contribution in [0.2, 0.25) is 5.02 Å². The Hall–Kier alpha value is -0.140. The molecule has 0 saturated heterocycles. The smallest absolute Gasteiger partial charge is 0.0409 e. The molecule has 0 spiro atoms. The third-order valence-electron chi connectivity index (χ3n) is 1.77. The summed E-state index contributed by atoms with van der Waals surface area (Å²) >= 11 is 7.81. The summed E-state index contributed by atoms with van der Waals surface area (Å²) in [7, 11) is 0. The topological polar surface area (TPSA) is 0 Å². The molecule has 0 amide bonds. The number of benzene rings is 1. The zero-order chi connectivity index (χ0) is 8.97. The lowest BCUT2D eigenvalue weighted by molar-refractivity contribution is 1.30. The quantitative estimate of drug-likeness (QED) is 0.713. The highest BCUT2D eigenvalue weighted by molar-refractivity contribution is 7.98. The van der Waals surface area contributed by atoms with E-state index in [1.807, 2.05) is 17.8 Å². The first kappa shape index (κ1) is 9.94. The molecular weight excluding hydrogens is 188 g/mol. The van der Waals surface area contributed by atoms with Crippen molar-refractivity contribution in [2.75, 3.05) is 5.75 Å². The molecule has 0 bridgehead atoms. The van der Waals surface area contributed by atoms with Crippen molar-refractivity contribution < 1.29 is 0 Å². The van der Waals surface area contributed by atoms with E-state index in [9.17, 15) is 0 Å². The Bertz CT molecular complexity index is 258. The van der Waals surface area contributed by atoms with Crippen molar-refractivity contribution in [2.45, 2.75) is 19.6 Å². The fourth-order valence-electron chi connectivity index (χ4n) is 1.01. The van der Waals surface area contributed by atoms with Gasteiger partial charge >= 0.3 is 0 Å². The maximum Gasteiger partial charge on any atom is 0.0409 e. The number of aryl methyl sites for hydroxylation is 1. The van der Waals surface area contributed by atoms with Crippen LogP contribution in [0.25, 0.3) is 0 Å². The monoisotopic (exact) mass is 200 g/mol. The van der Waals surface area contributed by atoms with Gasteiger partial charge in [0, 0.05) is 10.8 Å². The summed E-state index contributed by atoms with van der Waals surface area (Å²) < 4.78 is 0. The third-order valence-corrected chi connectivity index (χ3v) is 2.93. The second kappa shape index (κ2) is 4.78. The van der Waals surface area contributed by atoms with Gasteiger partial charge in [0.05, 0.1) is 0 Å². The van der Waals surface area contributed by atoms with Gasteiger partial charge in [-0.25, -0.2) is 0 Å². The van der Waals surface area contributed by atoms with Gasteiger partial charge < -0.3 is 0 Å². The first-order valence-electron chi connectivity index (χ1n) is 4.07. The van der Waals surface area contributed by atoms with Crippen molar-refractivity contribution >= 4 is 23.4 Å². The lowest BCUT2D eigenvalue weighted by Crippen LogP contribution is -1.86. The van der Waals surface area contributed by atoms with Gasteiger partial charge in [0.25, 0.3) is 0 Å². The molecule has 0 aliphatic heterocycles. The molecule has 0 saturated carbocycles. The summed E-state index contributed by atoms with van der Waals surface area (Å²) in [4.78, 5) is 0. The van der Waals surface area contributed by atoms with Crippen molar-refractivity contribution in [3.8, 4) is 0 Å². The first-order valence-corrected chi connectivity index (χ1v) is 5.60. The van der Waals surface area contributed by atoms with Crippen molar-refractivity contribution in [1.29, 1.82) is 0 Å². The molecule has 66 valence electrons. The van der Waals surface area contributed by atoms with E-state index in [4.69, 9.17) is 11.6 Å². The Labute approximate surface area is 83.3 Å². The summed E-state index contributed by atoms with van der Waals surface area (Å²) in [5.41, 5.74) is 2.69. The van der Waals surface area contributed by atoms with E-state index in [-0.39, 0.29) is 0 Å². The van der Waals surface area contributed by atoms with Crippen LogP contribution in [0.15, 0.2) is 18.2 Å². The molecule has 0 heterocycles. The SMILES string of the molecule is CCSCc1cc(Cl)ccc1C. The summed E-state index contributed by atoms with van der Waals surface area (Å²) in [6, 6.07) is 6.07. The van der Waals surface area contributed by atoms with Gasteiger partial charge in [0.2, 0.25) is 0 Å². The zero-order valence-electron chi connectivity index (χ0n) is 7.43. The van der Waals surface area contributed by atoms with E-state index < -0.39 is 0 Å². The average molecular weight is 201 g/mol. The molecule has 0 radical (unpaired) electrons. The third kappa shape index (κ3) is 2.72. The lowest BCUT2D eigenvalue weighted by atomic mass is 10.1. The molecule has 2 heteroatoms. The number of hydrogen-bond acceptors (Lipinski definition) is 1. The molecule has 1 aromatic rings. The van der Waals surface area contributed by atoms with Crippen LogP contribution in [0.1, 0.15) is 18.1 Å². The minimum absolute atomic E-state index is 0.840.